The fourth-order valence-electron chi connectivity index (χ4n) is 3.50. The summed E-state index contributed by atoms with van der Waals surface area (Å²) in [6.45, 7) is 0.568. The van der Waals surface area contributed by atoms with Crippen molar-refractivity contribution in [3.05, 3.63) is 67.1 Å². The van der Waals surface area contributed by atoms with E-state index in [9.17, 15) is 0 Å². The molecule has 0 amide bonds. The Hall–Kier alpha value is -3.58. The van der Waals surface area contributed by atoms with E-state index in [4.69, 9.17) is 4.74 Å². The van der Waals surface area contributed by atoms with Crippen molar-refractivity contribution >= 4 is 28.1 Å². The fraction of sp³-hybridized carbons (Fsp3) is 0.143. The number of aromatic amines is 1. The van der Waals surface area contributed by atoms with Crippen molar-refractivity contribution < 1.29 is 4.74 Å². The molecular formula is C21H20N6O. The fourth-order valence-corrected chi connectivity index (χ4v) is 3.50. The van der Waals surface area contributed by atoms with Gasteiger partial charge in [0.15, 0.2) is 5.65 Å². The second kappa shape index (κ2) is 6.54. The Bertz CT molecular complexity index is 1280. The molecule has 0 spiro atoms. The first kappa shape index (κ1) is 16.6. The normalized spacial score (nSPS) is 11.5. The van der Waals surface area contributed by atoms with Gasteiger partial charge in [0, 0.05) is 68.2 Å². The summed E-state index contributed by atoms with van der Waals surface area (Å²) in [4.78, 5) is 12.3. The van der Waals surface area contributed by atoms with Gasteiger partial charge in [-0.05, 0) is 24.3 Å². The van der Waals surface area contributed by atoms with Gasteiger partial charge in [0.2, 0.25) is 0 Å². The van der Waals surface area contributed by atoms with Crippen molar-refractivity contribution in [3.63, 3.8) is 0 Å². The first-order chi connectivity index (χ1) is 13.7. The molecule has 0 atom stereocenters. The summed E-state index contributed by atoms with van der Waals surface area (Å²) in [7, 11) is 3.71. The number of methoxy groups -OCH3 is 1. The van der Waals surface area contributed by atoms with Crippen LogP contribution in [0, 0.1) is 0 Å². The minimum Gasteiger partial charge on any atom is -0.378 e. The number of imidazole rings is 1. The number of nitrogens with one attached hydrogen (secondary N) is 2. The number of hydrogen-bond acceptors (Lipinski definition) is 4. The van der Waals surface area contributed by atoms with Crippen LogP contribution in [0.5, 0.6) is 0 Å². The van der Waals surface area contributed by atoms with Gasteiger partial charge in [-0.15, -0.1) is 0 Å². The molecule has 0 aliphatic rings. The smallest absolute Gasteiger partial charge is 0.160 e. The zero-order valence-electron chi connectivity index (χ0n) is 15.7. The number of hydrogen-bond donors (Lipinski definition) is 2. The minimum atomic E-state index is 0.568. The highest BCUT2D eigenvalue weighted by Crippen LogP contribution is 2.29. The van der Waals surface area contributed by atoms with E-state index in [1.54, 1.807) is 13.3 Å². The lowest BCUT2D eigenvalue weighted by atomic mass is 10.1. The number of rotatable bonds is 5. The van der Waals surface area contributed by atoms with Crippen molar-refractivity contribution in [3.8, 4) is 11.1 Å². The Morgan fingerprint density at radius 3 is 2.96 bits per heavy atom. The van der Waals surface area contributed by atoms with Crippen LogP contribution in [-0.2, 0) is 18.4 Å². The third kappa shape index (κ3) is 2.82. The van der Waals surface area contributed by atoms with E-state index in [-0.39, 0.29) is 0 Å². The average Bonchev–Trinajstić information content (AvgIpc) is 3.41. The molecule has 0 bridgehead atoms. The van der Waals surface area contributed by atoms with E-state index in [1.807, 2.05) is 42.3 Å². The molecule has 7 nitrogen and oxygen atoms in total. The molecular weight excluding hydrogens is 352 g/mol. The number of pyridine rings is 2. The molecule has 5 heterocycles. The van der Waals surface area contributed by atoms with Gasteiger partial charge >= 0.3 is 0 Å². The van der Waals surface area contributed by atoms with Gasteiger partial charge in [-0.25, -0.2) is 4.98 Å². The summed E-state index contributed by atoms with van der Waals surface area (Å²) >= 11 is 0. The Labute approximate surface area is 161 Å². The van der Waals surface area contributed by atoms with Crippen LogP contribution in [0.3, 0.4) is 0 Å². The number of anilines is 2. The van der Waals surface area contributed by atoms with Crippen molar-refractivity contribution in [1.82, 2.24) is 23.9 Å². The minimum absolute atomic E-state index is 0.568. The molecule has 0 fully saturated rings. The van der Waals surface area contributed by atoms with Crippen LogP contribution in [0.4, 0.5) is 11.4 Å². The molecule has 5 aromatic heterocycles. The second-order valence-electron chi connectivity index (χ2n) is 6.82. The molecule has 0 aromatic carbocycles. The predicted octanol–water partition coefficient (Wildman–Crippen LogP) is 4.11. The topological polar surface area (TPSA) is 72.2 Å². The van der Waals surface area contributed by atoms with E-state index in [1.165, 1.54) is 0 Å². The van der Waals surface area contributed by atoms with Gasteiger partial charge in [0.1, 0.15) is 0 Å². The summed E-state index contributed by atoms with van der Waals surface area (Å²) in [5, 5.41) is 3.51. The van der Waals surface area contributed by atoms with E-state index >= 15 is 0 Å². The predicted molar refractivity (Wildman–Crippen MR) is 110 cm³/mol. The third-order valence-electron chi connectivity index (χ3n) is 4.90. The standard InChI is InChI=1S/C21H20N6O/c1-26-12-16(9-17(26)13-28-2)25-20-8-15(11-27-6-5-23-21(20)27)14-7-19-18(24-10-14)3-4-22-19/h3-12,22,25H,13H2,1-2H3. The van der Waals surface area contributed by atoms with Gasteiger partial charge in [-0.2, -0.15) is 0 Å². The number of H-pyrrole nitrogens is 1. The van der Waals surface area contributed by atoms with Crippen LogP contribution in [0.25, 0.3) is 27.8 Å². The highest BCUT2D eigenvalue weighted by atomic mass is 16.5. The molecule has 0 aliphatic heterocycles. The molecule has 140 valence electrons. The Morgan fingerprint density at radius 1 is 1.14 bits per heavy atom. The Morgan fingerprint density at radius 2 is 2.07 bits per heavy atom. The van der Waals surface area contributed by atoms with Crippen LogP contribution >= 0.6 is 0 Å². The van der Waals surface area contributed by atoms with Gasteiger partial charge in [0.25, 0.3) is 0 Å². The summed E-state index contributed by atoms with van der Waals surface area (Å²) in [6, 6.07) is 8.28. The summed E-state index contributed by atoms with van der Waals surface area (Å²) in [5.41, 5.74) is 7.98. The number of aromatic nitrogens is 5. The van der Waals surface area contributed by atoms with Crippen molar-refractivity contribution in [2.45, 2.75) is 6.61 Å². The first-order valence-electron chi connectivity index (χ1n) is 9.03. The molecule has 5 aromatic rings. The van der Waals surface area contributed by atoms with Crippen LogP contribution in [0.2, 0.25) is 0 Å². The summed E-state index contributed by atoms with van der Waals surface area (Å²) in [5.74, 6) is 0. The Kier molecular flexibility index (Phi) is 3.87. The van der Waals surface area contributed by atoms with Crippen molar-refractivity contribution in [2.24, 2.45) is 7.05 Å². The summed E-state index contributed by atoms with van der Waals surface area (Å²) < 4.78 is 9.34. The lowest BCUT2D eigenvalue weighted by molar-refractivity contribution is 0.179. The second-order valence-corrected chi connectivity index (χ2v) is 6.82. The largest absolute Gasteiger partial charge is 0.378 e. The zero-order valence-corrected chi connectivity index (χ0v) is 15.7. The SMILES string of the molecule is COCc1cc(Nc2cc(-c3cnc4cc[nH]c4c3)cn3ccnc23)cn1C. The lowest BCUT2D eigenvalue weighted by Gasteiger charge is -2.10. The van der Waals surface area contributed by atoms with Gasteiger partial charge in [-0.1, -0.05) is 0 Å². The third-order valence-corrected chi connectivity index (χ3v) is 4.90. The van der Waals surface area contributed by atoms with Crippen molar-refractivity contribution in [1.29, 1.82) is 0 Å². The van der Waals surface area contributed by atoms with Crippen LogP contribution < -0.4 is 5.32 Å². The number of aryl methyl sites for hydroxylation is 1. The van der Waals surface area contributed by atoms with Crippen LogP contribution in [0.1, 0.15) is 5.69 Å². The van der Waals surface area contributed by atoms with Gasteiger partial charge < -0.3 is 24.0 Å². The lowest BCUT2D eigenvalue weighted by Crippen LogP contribution is -1.96. The maximum atomic E-state index is 5.26. The maximum Gasteiger partial charge on any atom is 0.160 e. The first-order valence-corrected chi connectivity index (χ1v) is 9.03. The molecule has 0 unspecified atom stereocenters. The highest BCUT2D eigenvalue weighted by molar-refractivity contribution is 5.84. The molecule has 0 saturated heterocycles. The molecule has 0 aliphatic carbocycles. The number of nitrogens with zero attached hydrogens (tertiary/aromatic N) is 4. The highest BCUT2D eigenvalue weighted by Gasteiger charge is 2.11. The number of fused-ring (bicyclic) bond motifs is 2. The van der Waals surface area contributed by atoms with Crippen molar-refractivity contribution in [2.75, 3.05) is 12.4 Å². The van der Waals surface area contributed by atoms with Crippen LogP contribution in [0.15, 0.2) is 61.4 Å². The van der Waals surface area contributed by atoms with Gasteiger partial charge in [0.05, 0.1) is 29.0 Å². The number of ether oxygens (including phenoxy) is 1. The molecule has 28 heavy (non-hydrogen) atoms. The van der Waals surface area contributed by atoms with E-state index in [2.05, 4.69) is 49.2 Å². The zero-order chi connectivity index (χ0) is 19.1. The molecule has 2 N–H and O–H groups in total. The maximum absolute atomic E-state index is 5.26. The molecule has 5 rings (SSSR count). The average molecular weight is 372 g/mol. The monoisotopic (exact) mass is 372 g/mol. The summed E-state index contributed by atoms with van der Waals surface area (Å²) in [6.07, 6.45) is 11.7. The van der Waals surface area contributed by atoms with E-state index < -0.39 is 0 Å². The van der Waals surface area contributed by atoms with E-state index in [0.717, 1.165) is 44.9 Å². The molecule has 0 saturated carbocycles. The quantitative estimate of drug-likeness (QED) is 0.487. The Balaban J connectivity index is 1.58. The molecule has 0 radical (unpaired) electrons. The molecule has 7 heteroatoms. The van der Waals surface area contributed by atoms with E-state index in [0.29, 0.717) is 6.61 Å². The van der Waals surface area contributed by atoms with Crippen LogP contribution in [-0.4, -0.2) is 31.0 Å². The van der Waals surface area contributed by atoms with Gasteiger partial charge in [-0.3, -0.25) is 4.98 Å².